The van der Waals surface area contributed by atoms with Crippen molar-refractivity contribution in [3.63, 3.8) is 0 Å². The van der Waals surface area contributed by atoms with E-state index in [9.17, 15) is 0 Å². The Morgan fingerprint density at radius 3 is 1.88 bits per heavy atom. The number of phosphoric acid groups is 1. The molecule has 0 bridgehead atoms. The standard InChI is InChI=1S/C11H15.Al.H3O4P.2H/c1-9-6-5-7-10(8-9)11(2,3)4;;1-5(2,3)4;;/h5-6,8H,1-4H3;;(H3,1,2,3,4);;. The summed E-state index contributed by atoms with van der Waals surface area (Å²) in [6.45, 7) is 9.01. The van der Waals surface area contributed by atoms with Gasteiger partial charge in [-0.25, -0.2) is 4.57 Å². The Morgan fingerprint density at radius 1 is 1.18 bits per heavy atom. The lowest BCUT2D eigenvalue weighted by Crippen LogP contribution is -2.22. The second kappa shape index (κ2) is 6.15. The van der Waals surface area contributed by atoms with E-state index in [1.807, 2.05) is 0 Å². The summed E-state index contributed by atoms with van der Waals surface area (Å²) in [6, 6.07) is 6.79. The van der Waals surface area contributed by atoms with Gasteiger partial charge in [0.1, 0.15) is 0 Å². The van der Waals surface area contributed by atoms with Gasteiger partial charge < -0.3 is 14.7 Å². The highest BCUT2D eigenvalue weighted by atomic mass is 31.2. The first-order valence-electron chi connectivity index (χ1n) is 5.27. The molecular weight excluding hydrogens is 254 g/mol. The molecule has 1 aromatic carbocycles. The maximum atomic E-state index is 8.88. The molecule has 0 radical (unpaired) electrons. The van der Waals surface area contributed by atoms with Crippen molar-refractivity contribution in [2.75, 3.05) is 0 Å². The van der Waals surface area contributed by atoms with Gasteiger partial charge >= 0.3 is 7.82 Å². The molecule has 6 heteroatoms. The Labute approximate surface area is 110 Å². The van der Waals surface area contributed by atoms with E-state index < -0.39 is 7.82 Å². The van der Waals surface area contributed by atoms with Crippen LogP contribution in [0.25, 0.3) is 0 Å². The quantitative estimate of drug-likeness (QED) is 0.479. The molecule has 1 rings (SSSR count). The lowest BCUT2D eigenvalue weighted by Gasteiger charge is -2.22. The Kier molecular flexibility index (Phi) is 6.10. The van der Waals surface area contributed by atoms with Crippen LogP contribution >= 0.6 is 7.82 Å². The average molecular weight is 274 g/mol. The summed E-state index contributed by atoms with van der Waals surface area (Å²) in [7, 11) is -4.64. The van der Waals surface area contributed by atoms with Gasteiger partial charge in [0.15, 0.2) is 0 Å². The normalized spacial score (nSPS) is 11.7. The van der Waals surface area contributed by atoms with E-state index in [1.54, 1.807) is 0 Å². The summed E-state index contributed by atoms with van der Waals surface area (Å²) in [5.41, 5.74) is 3.21. The highest BCUT2D eigenvalue weighted by molar-refractivity contribution is 7.45. The molecule has 96 valence electrons. The van der Waals surface area contributed by atoms with Crippen LogP contribution in [0.5, 0.6) is 0 Å². The topological polar surface area (TPSA) is 77.8 Å². The molecule has 0 aromatic heterocycles. The molecular formula is C11H20AlO4P. The summed E-state index contributed by atoms with van der Waals surface area (Å²) in [5, 5.41) is 0. The van der Waals surface area contributed by atoms with E-state index in [2.05, 4.69) is 45.9 Å². The van der Waals surface area contributed by atoms with Crippen LogP contribution in [0.15, 0.2) is 18.2 Å². The zero-order valence-electron chi connectivity index (χ0n) is 10.9. The molecule has 3 N–H and O–H groups in total. The van der Waals surface area contributed by atoms with Gasteiger partial charge in [0, 0.05) is 0 Å². The third-order valence-electron chi connectivity index (χ3n) is 2.20. The SMILES string of the molecule is Cc1cc[c]([AlH2])c(C(C)(C)C)c1.O=P(O)(O)O. The van der Waals surface area contributed by atoms with E-state index in [4.69, 9.17) is 19.2 Å². The zero-order valence-corrected chi connectivity index (χ0v) is 13.8. The Hall–Kier alpha value is -0.138. The van der Waals surface area contributed by atoms with Crippen LogP contribution in [0.1, 0.15) is 31.9 Å². The van der Waals surface area contributed by atoms with E-state index in [0.717, 1.165) is 16.3 Å². The molecule has 0 fully saturated rings. The molecule has 0 aliphatic rings. The van der Waals surface area contributed by atoms with Crippen molar-refractivity contribution < 1.29 is 19.2 Å². The van der Waals surface area contributed by atoms with Gasteiger partial charge in [-0.05, 0) is 12.3 Å². The molecule has 0 saturated heterocycles. The van der Waals surface area contributed by atoms with Crippen molar-refractivity contribution in [1.29, 1.82) is 0 Å². The van der Waals surface area contributed by atoms with Gasteiger partial charge in [0.25, 0.3) is 16.3 Å². The van der Waals surface area contributed by atoms with Crippen molar-refractivity contribution >= 4 is 28.5 Å². The van der Waals surface area contributed by atoms with Crippen molar-refractivity contribution in [3.05, 3.63) is 29.3 Å². The first kappa shape index (κ1) is 16.9. The van der Waals surface area contributed by atoms with Crippen LogP contribution in [-0.4, -0.2) is 31.0 Å². The molecule has 0 heterocycles. The van der Waals surface area contributed by atoms with Crippen LogP contribution < -0.4 is 4.43 Å². The first-order chi connectivity index (χ1) is 7.41. The minimum absolute atomic E-state index is 0.309. The average Bonchev–Trinajstić information content (AvgIpc) is 2.04. The summed E-state index contributed by atoms with van der Waals surface area (Å²) < 4.78 is 10.4. The largest absolute Gasteiger partial charge is 0.466 e. The number of rotatable bonds is 0. The van der Waals surface area contributed by atoms with Gasteiger partial charge in [-0.1, -0.05) is 50.1 Å². The lowest BCUT2D eigenvalue weighted by atomic mass is 9.86. The van der Waals surface area contributed by atoms with Gasteiger partial charge in [0.2, 0.25) is 0 Å². The lowest BCUT2D eigenvalue weighted by molar-refractivity contribution is 0.275. The number of hydrogen-bond donors (Lipinski definition) is 3. The fraction of sp³-hybridized carbons (Fsp3) is 0.455. The Morgan fingerprint density at radius 2 is 1.59 bits per heavy atom. The summed E-state index contributed by atoms with van der Waals surface area (Å²) in [4.78, 5) is 21.6. The molecule has 0 amide bonds. The molecule has 0 aliphatic carbocycles. The maximum Gasteiger partial charge on any atom is 0.466 e. The highest BCUT2D eigenvalue weighted by Gasteiger charge is 2.15. The van der Waals surface area contributed by atoms with Crippen LogP contribution in [0.3, 0.4) is 0 Å². The third-order valence-corrected chi connectivity index (χ3v) is 3.07. The first-order valence-corrected chi connectivity index (χ1v) is 7.84. The second-order valence-corrected chi connectivity index (χ2v) is 7.19. The van der Waals surface area contributed by atoms with Crippen molar-refractivity contribution in [1.82, 2.24) is 0 Å². The number of hydrogen-bond acceptors (Lipinski definition) is 1. The molecule has 0 spiro atoms. The van der Waals surface area contributed by atoms with Crippen LogP contribution in [0.2, 0.25) is 0 Å². The summed E-state index contributed by atoms with van der Waals surface area (Å²) >= 11 is 1.15. The number of benzene rings is 1. The summed E-state index contributed by atoms with van der Waals surface area (Å²) in [6.07, 6.45) is 0. The highest BCUT2D eigenvalue weighted by Crippen LogP contribution is 2.25. The van der Waals surface area contributed by atoms with Crippen LogP contribution in [0.4, 0.5) is 0 Å². The smallest absolute Gasteiger partial charge is 0.303 e. The minimum atomic E-state index is -4.64. The molecule has 0 saturated carbocycles. The van der Waals surface area contributed by atoms with E-state index in [1.165, 1.54) is 15.6 Å². The van der Waals surface area contributed by atoms with Crippen LogP contribution in [0, 0.1) is 6.92 Å². The predicted octanol–water partition coefficient (Wildman–Crippen LogP) is 0.622. The van der Waals surface area contributed by atoms with Crippen molar-refractivity contribution in [3.8, 4) is 0 Å². The van der Waals surface area contributed by atoms with Gasteiger partial charge in [-0.2, -0.15) is 0 Å². The van der Waals surface area contributed by atoms with Crippen LogP contribution in [-0.2, 0) is 9.98 Å². The molecule has 1 aromatic rings. The fourth-order valence-corrected chi connectivity index (χ4v) is 2.60. The molecule has 4 nitrogen and oxygen atoms in total. The third kappa shape index (κ3) is 8.57. The molecule has 17 heavy (non-hydrogen) atoms. The van der Waals surface area contributed by atoms with Gasteiger partial charge in [0.05, 0.1) is 0 Å². The second-order valence-electron chi connectivity index (χ2n) is 5.08. The van der Waals surface area contributed by atoms with E-state index in [0.29, 0.717) is 5.41 Å². The van der Waals surface area contributed by atoms with Gasteiger partial charge in [-0.3, -0.25) is 0 Å². The monoisotopic (exact) mass is 274 g/mol. The molecule has 0 unspecified atom stereocenters. The van der Waals surface area contributed by atoms with E-state index >= 15 is 0 Å². The Balaban J connectivity index is 0.000000437. The number of aryl methyl sites for hydroxylation is 1. The Bertz CT molecular complexity index is 412. The van der Waals surface area contributed by atoms with Crippen molar-refractivity contribution in [2.24, 2.45) is 0 Å². The predicted molar refractivity (Wildman–Crippen MR) is 72.3 cm³/mol. The van der Waals surface area contributed by atoms with Crippen molar-refractivity contribution in [2.45, 2.75) is 33.1 Å². The van der Waals surface area contributed by atoms with Gasteiger partial charge in [-0.15, -0.1) is 4.43 Å². The molecule has 0 atom stereocenters. The fourth-order valence-electron chi connectivity index (χ4n) is 1.54. The van der Waals surface area contributed by atoms with E-state index in [-0.39, 0.29) is 0 Å². The maximum absolute atomic E-state index is 8.88. The zero-order chi connectivity index (χ0) is 13.9. The minimum Gasteiger partial charge on any atom is -0.303 e. The summed E-state index contributed by atoms with van der Waals surface area (Å²) in [5.74, 6) is 0. The molecule has 0 aliphatic heterocycles.